The third kappa shape index (κ3) is 3.59. The van der Waals surface area contributed by atoms with E-state index in [4.69, 9.17) is 0 Å². The highest BCUT2D eigenvalue weighted by atomic mass is 16.4. The lowest BCUT2D eigenvalue weighted by Crippen LogP contribution is -2.27. The van der Waals surface area contributed by atoms with Crippen LogP contribution in [0.2, 0.25) is 0 Å². The molecule has 0 amide bonds. The van der Waals surface area contributed by atoms with Crippen LogP contribution in [-0.2, 0) is 11.2 Å². The number of benzene rings is 1. The van der Waals surface area contributed by atoms with E-state index in [1.54, 1.807) is 0 Å². The van der Waals surface area contributed by atoms with E-state index in [9.17, 15) is 9.90 Å². The number of carboxylic acid groups (broad SMARTS) is 1. The lowest BCUT2D eigenvalue weighted by atomic mass is 9.76. The maximum Gasteiger partial charge on any atom is 0.306 e. The van der Waals surface area contributed by atoms with Crippen LogP contribution in [0.1, 0.15) is 44.1 Å². The molecule has 0 aromatic heterocycles. The monoisotopic (exact) mass is 246 g/mol. The Morgan fingerprint density at radius 1 is 1.17 bits per heavy atom. The molecule has 1 N–H and O–H groups in total. The molecule has 2 heteroatoms. The van der Waals surface area contributed by atoms with Gasteiger partial charge in [0.25, 0.3) is 0 Å². The van der Waals surface area contributed by atoms with Crippen molar-refractivity contribution < 1.29 is 9.90 Å². The van der Waals surface area contributed by atoms with E-state index in [0.717, 1.165) is 38.5 Å². The van der Waals surface area contributed by atoms with Crippen molar-refractivity contribution in [3.8, 4) is 0 Å². The van der Waals surface area contributed by atoms with E-state index in [1.165, 1.54) is 12.0 Å². The SMILES string of the molecule is O=C(O)C1CCCCC1CCCc1ccccc1. The zero-order valence-corrected chi connectivity index (χ0v) is 10.8. The van der Waals surface area contributed by atoms with Crippen molar-refractivity contribution in [3.05, 3.63) is 35.9 Å². The van der Waals surface area contributed by atoms with Gasteiger partial charge in [0.2, 0.25) is 0 Å². The first-order chi connectivity index (χ1) is 8.77. The second-order valence-corrected chi connectivity index (χ2v) is 5.37. The standard InChI is InChI=1S/C16H22O2/c17-16(18)15-12-5-4-10-14(15)11-6-9-13-7-2-1-3-8-13/h1-3,7-8,14-15H,4-6,9-12H2,(H,17,18). The van der Waals surface area contributed by atoms with Crippen LogP contribution in [0.5, 0.6) is 0 Å². The third-order valence-corrected chi connectivity index (χ3v) is 4.11. The van der Waals surface area contributed by atoms with Gasteiger partial charge in [-0.2, -0.15) is 0 Å². The minimum absolute atomic E-state index is 0.0884. The Hall–Kier alpha value is -1.31. The van der Waals surface area contributed by atoms with Crippen LogP contribution >= 0.6 is 0 Å². The second-order valence-electron chi connectivity index (χ2n) is 5.37. The van der Waals surface area contributed by atoms with Gasteiger partial charge in [0.1, 0.15) is 0 Å². The maximum absolute atomic E-state index is 11.2. The molecule has 1 fully saturated rings. The number of aliphatic carboxylic acids is 1. The van der Waals surface area contributed by atoms with Crippen molar-refractivity contribution in [1.82, 2.24) is 0 Å². The Balaban J connectivity index is 1.79. The normalized spacial score (nSPS) is 23.8. The highest BCUT2D eigenvalue weighted by molar-refractivity contribution is 5.70. The summed E-state index contributed by atoms with van der Waals surface area (Å²) in [4.78, 5) is 11.2. The van der Waals surface area contributed by atoms with Crippen LogP contribution in [0.3, 0.4) is 0 Å². The minimum atomic E-state index is -0.584. The molecular weight excluding hydrogens is 224 g/mol. The van der Waals surface area contributed by atoms with Gasteiger partial charge >= 0.3 is 5.97 Å². The second kappa shape index (κ2) is 6.58. The molecule has 1 aliphatic rings. The predicted octanol–water partition coefficient (Wildman–Crippen LogP) is 3.90. The number of carboxylic acids is 1. The number of carbonyl (C=O) groups is 1. The molecule has 2 atom stereocenters. The van der Waals surface area contributed by atoms with Crippen molar-refractivity contribution in [2.45, 2.75) is 44.9 Å². The number of hydrogen-bond donors (Lipinski definition) is 1. The average Bonchev–Trinajstić information content (AvgIpc) is 2.40. The van der Waals surface area contributed by atoms with Gasteiger partial charge in [-0.05, 0) is 43.6 Å². The number of rotatable bonds is 5. The highest BCUT2D eigenvalue weighted by Crippen LogP contribution is 2.33. The highest BCUT2D eigenvalue weighted by Gasteiger charge is 2.29. The van der Waals surface area contributed by atoms with Gasteiger partial charge in [-0.3, -0.25) is 4.79 Å². The molecule has 0 spiro atoms. The van der Waals surface area contributed by atoms with Gasteiger partial charge in [-0.15, -0.1) is 0 Å². The van der Waals surface area contributed by atoms with Crippen molar-refractivity contribution in [1.29, 1.82) is 0 Å². The summed E-state index contributed by atoms with van der Waals surface area (Å²) in [6.45, 7) is 0. The summed E-state index contributed by atoms with van der Waals surface area (Å²) < 4.78 is 0. The van der Waals surface area contributed by atoms with Crippen molar-refractivity contribution >= 4 is 5.97 Å². The Morgan fingerprint density at radius 2 is 1.89 bits per heavy atom. The molecule has 1 aromatic rings. The average molecular weight is 246 g/mol. The molecule has 1 aliphatic carbocycles. The zero-order valence-electron chi connectivity index (χ0n) is 10.8. The molecule has 1 saturated carbocycles. The summed E-state index contributed by atoms with van der Waals surface area (Å²) in [5.74, 6) is -0.270. The Labute approximate surface area is 109 Å². The molecule has 0 bridgehead atoms. The Bertz CT molecular complexity index is 372. The summed E-state index contributed by atoms with van der Waals surface area (Å²) in [7, 11) is 0. The van der Waals surface area contributed by atoms with Crippen LogP contribution in [0, 0.1) is 11.8 Å². The molecule has 0 heterocycles. The summed E-state index contributed by atoms with van der Waals surface area (Å²) in [6, 6.07) is 10.5. The van der Waals surface area contributed by atoms with E-state index in [2.05, 4.69) is 24.3 Å². The minimum Gasteiger partial charge on any atom is -0.481 e. The van der Waals surface area contributed by atoms with E-state index in [0.29, 0.717) is 5.92 Å². The molecule has 0 saturated heterocycles. The van der Waals surface area contributed by atoms with E-state index >= 15 is 0 Å². The van der Waals surface area contributed by atoms with Crippen LogP contribution in [0.25, 0.3) is 0 Å². The summed E-state index contributed by atoms with van der Waals surface area (Å²) in [5, 5.41) is 9.23. The smallest absolute Gasteiger partial charge is 0.306 e. The lowest BCUT2D eigenvalue weighted by molar-refractivity contribution is -0.145. The van der Waals surface area contributed by atoms with Crippen molar-refractivity contribution in [2.24, 2.45) is 11.8 Å². The van der Waals surface area contributed by atoms with Gasteiger partial charge in [0.15, 0.2) is 0 Å². The molecule has 0 radical (unpaired) electrons. The van der Waals surface area contributed by atoms with Crippen LogP contribution in [0.4, 0.5) is 0 Å². The molecule has 18 heavy (non-hydrogen) atoms. The number of hydrogen-bond acceptors (Lipinski definition) is 1. The molecule has 2 unspecified atom stereocenters. The summed E-state index contributed by atoms with van der Waals surface area (Å²) in [6.07, 6.45) is 7.52. The molecule has 2 nitrogen and oxygen atoms in total. The van der Waals surface area contributed by atoms with Gasteiger partial charge in [0, 0.05) is 0 Å². The maximum atomic E-state index is 11.2. The Kier molecular flexibility index (Phi) is 4.80. The summed E-state index contributed by atoms with van der Waals surface area (Å²) in [5.41, 5.74) is 1.36. The van der Waals surface area contributed by atoms with Gasteiger partial charge in [0.05, 0.1) is 5.92 Å². The van der Waals surface area contributed by atoms with Gasteiger partial charge in [-0.1, -0.05) is 43.2 Å². The van der Waals surface area contributed by atoms with Gasteiger partial charge in [-0.25, -0.2) is 0 Å². The van der Waals surface area contributed by atoms with Crippen LogP contribution in [0.15, 0.2) is 30.3 Å². The van der Waals surface area contributed by atoms with E-state index in [1.807, 2.05) is 6.07 Å². The van der Waals surface area contributed by atoms with E-state index in [-0.39, 0.29) is 5.92 Å². The summed E-state index contributed by atoms with van der Waals surface area (Å²) >= 11 is 0. The lowest BCUT2D eigenvalue weighted by Gasteiger charge is -2.28. The molecule has 0 aliphatic heterocycles. The van der Waals surface area contributed by atoms with E-state index < -0.39 is 5.97 Å². The molecule has 98 valence electrons. The van der Waals surface area contributed by atoms with Crippen molar-refractivity contribution in [2.75, 3.05) is 0 Å². The molecule has 2 rings (SSSR count). The first-order valence-corrected chi connectivity index (χ1v) is 7.04. The van der Waals surface area contributed by atoms with Crippen LogP contribution < -0.4 is 0 Å². The topological polar surface area (TPSA) is 37.3 Å². The fraction of sp³-hybridized carbons (Fsp3) is 0.562. The third-order valence-electron chi connectivity index (χ3n) is 4.11. The fourth-order valence-corrected chi connectivity index (χ4v) is 3.09. The predicted molar refractivity (Wildman–Crippen MR) is 72.5 cm³/mol. The molecule has 1 aromatic carbocycles. The number of aryl methyl sites for hydroxylation is 1. The quantitative estimate of drug-likeness (QED) is 0.855. The Morgan fingerprint density at radius 3 is 2.61 bits per heavy atom. The first kappa shape index (κ1) is 13.1. The first-order valence-electron chi connectivity index (χ1n) is 7.04. The zero-order chi connectivity index (χ0) is 12.8. The largest absolute Gasteiger partial charge is 0.481 e. The van der Waals surface area contributed by atoms with Gasteiger partial charge < -0.3 is 5.11 Å². The fourth-order valence-electron chi connectivity index (χ4n) is 3.09. The van der Waals surface area contributed by atoms with Crippen molar-refractivity contribution in [3.63, 3.8) is 0 Å². The molecular formula is C16H22O2. The van der Waals surface area contributed by atoms with Crippen LogP contribution in [-0.4, -0.2) is 11.1 Å².